The topological polar surface area (TPSA) is 76.2 Å². The molecule has 0 aromatic heterocycles. The van der Waals surface area contributed by atoms with Crippen LogP contribution in [0.1, 0.15) is 41.5 Å². The molecule has 0 heterocycles. The van der Waals surface area contributed by atoms with Crippen LogP contribution in [0.2, 0.25) is 0 Å². The van der Waals surface area contributed by atoms with Crippen LogP contribution in [0.15, 0.2) is 0 Å². The van der Waals surface area contributed by atoms with Crippen molar-refractivity contribution in [3.8, 4) is 0 Å². The quantitative estimate of drug-likeness (QED) is 0.631. The average molecular weight is 344 g/mol. The summed E-state index contributed by atoms with van der Waals surface area (Å²) in [4.78, 5) is 39.8. The van der Waals surface area contributed by atoms with E-state index in [-0.39, 0.29) is 31.0 Å². The van der Waals surface area contributed by atoms with Crippen molar-refractivity contribution in [2.24, 2.45) is 11.8 Å². The molecule has 0 saturated carbocycles. The minimum atomic E-state index is -0.718. The second kappa shape index (κ2) is 10.2. The zero-order valence-electron chi connectivity index (χ0n) is 16.2. The Morgan fingerprint density at radius 2 is 1.25 bits per heavy atom. The van der Waals surface area contributed by atoms with Crippen LogP contribution in [0.4, 0.5) is 4.79 Å². The third-order valence-corrected chi connectivity index (χ3v) is 3.78. The summed E-state index contributed by atoms with van der Waals surface area (Å²) in [6, 6.07) is -1.42. The molecule has 0 fully saturated rings. The highest BCUT2D eigenvalue weighted by Crippen LogP contribution is 2.18. The summed E-state index contributed by atoms with van der Waals surface area (Å²) in [6.07, 6.45) is -0.560. The van der Waals surface area contributed by atoms with E-state index in [1.807, 2.05) is 27.7 Å². The summed E-state index contributed by atoms with van der Waals surface area (Å²) >= 11 is 0. The summed E-state index contributed by atoms with van der Waals surface area (Å²) in [6.45, 7) is 11.3. The zero-order chi connectivity index (χ0) is 19.0. The van der Waals surface area contributed by atoms with Gasteiger partial charge in [0.25, 0.3) is 0 Å². The molecule has 0 aliphatic rings. The first-order chi connectivity index (χ1) is 11.1. The normalized spacial score (nSPS) is 13.4. The van der Waals surface area contributed by atoms with E-state index >= 15 is 0 Å². The summed E-state index contributed by atoms with van der Waals surface area (Å²) < 4.78 is 10.1. The van der Waals surface area contributed by atoms with Gasteiger partial charge in [0.2, 0.25) is 5.91 Å². The van der Waals surface area contributed by atoms with Crippen LogP contribution >= 0.6 is 0 Å². The van der Waals surface area contributed by atoms with Gasteiger partial charge in [0, 0.05) is 14.1 Å². The Labute approximate surface area is 145 Å². The molecule has 0 rings (SSSR count). The van der Waals surface area contributed by atoms with E-state index in [0.717, 1.165) is 0 Å². The highest BCUT2D eigenvalue weighted by molar-refractivity contribution is 5.89. The van der Waals surface area contributed by atoms with E-state index in [1.165, 1.54) is 16.8 Å². The van der Waals surface area contributed by atoms with E-state index in [2.05, 4.69) is 0 Å². The minimum absolute atomic E-state index is 0.112. The second-order valence-electron chi connectivity index (χ2n) is 6.39. The van der Waals surface area contributed by atoms with Crippen molar-refractivity contribution in [2.75, 3.05) is 27.3 Å². The van der Waals surface area contributed by atoms with Gasteiger partial charge < -0.3 is 14.4 Å². The van der Waals surface area contributed by atoms with E-state index in [4.69, 9.17) is 9.47 Å². The van der Waals surface area contributed by atoms with E-state index in [0.29, 0.717) is 0 Å². The summed E-state index contributed by atoms with van der Waals surface area (Å²) in [5.74, 6) is -1.000. The van der Waals surface area contributed by atoms with Crippen LogP contribution < -0.4 is 0 Å². The zero-order valence-corrected chi connectivity index (χ0v) is 16.2. The van der Waals surface area contributed by atoms with Crippen LogP contribution in [-0.2, 0) is 19.1 Å². The number of ether oxygens (including phenoxy) is 2. The Kier molecular flexibility index (Phi) is 9.40. The number of hydrogen-bond acceptors (Lipinski definition) is 5. The monoisotopic (exact) mass is 344 g/mol. The van der Waals surface area contributed by atoms with Crippen molar-refractivity contribution in [3.63, 3.8) is 0 Å². The van der Waals surface area contributed by atoms with Gasteiger partial charge in [-0.2, -0.15) is 0 Å². The lowest BCUT2D eigenvalue weighted by atomic mass is 9.98. The van der Waals surface area contributed by atoms with Crippen molar-refractivity contribution < 1.29 is 23.9 Å². The van der Waals surface area contributed by atoms with Gasteiger partial charge in [0.1, 0.15) is 12.1 Å². The van der Waals surface area contributed by atoms with Crippen molar-refractivity contribution >= 4 is 18.0 Å². The first-order valence-corrected chi connectivity index (χ1v) is 8.42. The first kappa shape index (κ1) is 22.2. The van der Waals surface area contributed by atoms with Crippen LogP contribution in [0.3, 0.4) is 0 Å². The molecular formula is C17H32N2O5. The van der Waals surface area contributed by atoms with Crippen molar-refractivity contribution in [3.05, 3.63) is 0 Å². The molecule has 7 heteroatoms. The van der Waals surface area contributed by atoms with E-state index in [1.54, 1.807) is 20.9 Å². The molecule has 0 radical (unpaired) electrons. The molecule has 0 saturated heterocycles. The smallest absolute Gasteiger partial charge is 0.410 e. The Balaban J connectivity index is 5.46. The molecule has 2 unspecified atom stereocenters. The predicted octanol–water partition coefficient (Wildman–Crippen LogP) is 2.15. The fraction of sp³-hybridized carbons (Fsp3) is 0.824. The first-order valence-electron chi connectivity index (χ1n) is 8.42. The Morgan fingerprint density at radius 3 is 1.62 bits per heavy atom. The third kappa shape index (κ3) is 5.69. The van der Waals surface area contributed by atoms with Gasteiger partial charge in [-0.1, -0.05) is 27.7 Å². The van der Waals surface area contributed by atoms with Crippen LogP contribution in [0.5, 0.6) is 0 Å². The molecule has 0 aromatic rings. The summed E-state index contributed by atoms with van der Waals surface area (Å²) in [7, 11) is 3.10. The lowest BCUT2D eigenvalue weighted by Crippen LogP contribution is -2.56. The number of amides is 2. The number of carbonyl (C=O) groups excluding carboxylic acids is 3. The third-order valence-electron chi connectivity index (χ3n) is 3.78. The van der Waals surface area contributed by atoms with Gasteiger partial charge in [0.15, 0.2) is 0 Å². The Hall–Kier alpha value is -1.79. The molecule has 0 aliphatic heterocycles. The number of esters is 1. The van der Waals surface area contributed by atoms with Crippen LogP contribution in [0.25, 0.3) is 0 Å². The molecular weight excluding hydrogens is 312 g/mol. The number of rotatable bonds is 8. The van der Waals surface area contributed by atoms with Gasteiger partial charge in [0.05, 0.1) is 13.2 Å². The van der Waals surface area contributed by atoms with Gasteiger partial charge >= 0.3 is 12.1 Å². The largest absolute Gasteiger partial charge is 0.464 e. The molecule has 0 N–H and O–H groups in total. The lowest BCUT2D eigenvalue weighted by molar-refractivity contribution is -0.157. The highest BCUT2D eigenvalue weighted by atomic mass is 16.6. The summed E-state index contributed by atoms with van der Waals surface area (Å²) in [5, 5.41) is 0. The molecule has 0 aliphatic carbocycles. The maximum atomic E-state index is 13.0. The molecule has 2 atom stereocenters. The molecule has 0 spiro atoms. The predicted molar refractivity (Wildman–Crippen MR) is 91.4 cm³/mol. The average Bonchev–Trinajstić information content (AvgIpc) is 2.46. The molecule has 24 heavy (non-hydrogen) atoms. The van der Waals surface area contributed by atoms with Gasteiger partial charge in [-0.3, -0.25) is 9.69 Å². The fourth-order valence-electron chi connectivity index (χ4n) is 2.69. The summed E-state index contributed by atoms with van der Waals surface area (Å²) in [5.41, 5.74) is 0. The van der Waals surface area contributed by atoms with Gasteiger partial charge in [-0.15, -0.1) is 0 Å². The van der Waals surface area contributed by atoms with E-state index in [9.17, 15) is 14.4 Å². The maximum Gasteiger partial charge on any atom is 0.410 e. The highest BCUT2D eigenvalue weighted by Gasteiger charge is 2.38. The fourth-order valence-corrected chi connectivity index (χ4v) is 2.69. The van der Waals surface area contributed by atoms with Gasteiger partial charge in [-0.05, 0) is 25.7 Å². The van der Waals surface area contributed by atoms with Crippen molar-refractivity contribution in [1.82, 2.24) is 9.80 Å². The maximum absolute atomic E-state index is 13.0. The SMILES string of the molecule is CCOC(=O)C(C(C)C)N(C)C(=O)C(C(C)C)N(C)C(=O)OCC. The lowest BCUT2D eigenvalue weighted by Gasteiger charge is -2.36. The second-order valence-corrected chi connectivity index (χ2v) is 6.39. The molecule has 0 aromatic carbocycles. The Bertz CT molecular complexity index is 437. The molecule has 2 amide bonds. The van der Waals surface area contributed by atoms with Gasteiger partial charge in [-0.25, -0.2) is 9.59 Å². The number of likely N-dealkylation sites (N-methyl/N-ethyl adjacent to an activating group) is 2. The number of nitrogens with zero attached hydrogens (tertiary/aromatic N) is 2. The minimum Gasteiger partial charge on any atom is -0.464 e. The number of carbonyl (C=O) groups is 3. The van der Waals surface area contributed by atoms with Crippen molar-refractivity contribution in [2.45, 2.75) is 53.6 Å². The van der Waals surface area contributed by atoms with Crippen LogP contribution in [-0.4, -0.2) is 67.2 Å². The molecule has 140 valence electrons. The van der Waals surface area contributed by atoms with E-state index < -0.39 is 24.1 Å². The molecule has 0 bridgehead atoms. The molecule has 7 nitrogen and oxygen atoms in total. The Morgan fingerprint density at radius 1 is 0.792 bits per heavy atom. The van der Waals surface area contributed by atoms with Crippen LogP contribution in [0, 0.1) is 11.8 Å². The standard InChI is InChI=1S/C17H32N2O5/c1-9-23-16(21)14(12(5)6)18(7)15(20)13(11(3)4)19(8)17(22)24-10-2/h11-14H,9-10H2,1-8H3. The van der Waals surface area contributed by atoms with Crippen molar-refractivity contribution in [1.29, 1.82) is 0 Å². The number of hydrogen-bond donors (Lipinski definition) is 0.